The molecule has 0 N–H and O–H groups in total. The number of ether oxygens (including phenoxy) is 1. The molecule has 0 spiro atoms. The van der Waals surface area contributed by atoms with Crippen molar-refractivity contribution in [2.45, 2.75) is 6.42 Å². The summed E-state index contributed by atoms with van der Waals surface area (Å²) < 4.78 is 5.30. The molecule has 1 unspecified atom stereocenters. The smallest absolute Gasteiger partial charge is 0.273 e. The lowest BCUT2D eigenvalue weighted by Crippen LogP contribution is -2.35. The van der Waals surface area contributed by atoms with Gasteiger partial charge >= 0.3 is 0 Å². The highest BCUT2D eigenvalue weighted by Crippen LogP contribution is 2.17. The molecule has 2 aliphatic heterocycles. The second-order valence-electron chi connectivity index (χ2n) is 4.24. The Labute approximate surface area is 93.8 Å². The summed E-state index contributed by atoms with van der Waals surface area (Å²) in [6.45, 7) is 3.96. The van der Waals surface area contributed by atoms with Crippen LogP contribution < -0.4 is 0 Å². The van der Waals surface area contributed by atoms with Crippen LogP contribution in [-0.2, 0) is 4.74 Å². The molecule has 0 aliphatic carbocycles. The van der Waals surface area contributed by atoms with E-state index in [0.717, 1.165) is 39.3 Å². The number of hydrogen-bond donors (Lipinski definition) is 0. The van der Waals surface area contributed by atoms with Crippen molar-refractivity contribution in [2.24, 2.45) is 11.0 Å². The lowest BCUT2D eigenvalue weighted by atomic mass is 10.1. The van der Waals surface area contributed by atoms with Gasteiger partial charge in [0.15, 0.2) is 5.03 Å². The summed E-state index contributed by atoms with van der Waals surface area (Å²) in [5, 5.41) is 13.2. The highest BCUT2D eigenvalue weighted by Gasteiger charge is 2.29. The number of guanidine groups is 1. The molecule has 2 heterocycles. The summed E-state index contributed by atoms with van der Waals surface area (Å²) in [4.78, 5) is 14.2. The standard InChI is InChI=1S/C9H16N4O3/c1-11-3-4-12(9(11)10-13(14)15)6-8-2-5-16-7-8/h8H,2-7H2,1H3. The van der Waals surface area contributed by atoms with E-state index in [1.54, 1.807) is 0 Å². The molecule has 0 saturated carbocycles. The largest absolute Gasteiger partial charge is 0.381 e. The fourth-order valence-electron chi connectivity index (χ4n) is 2.14. The summed E-state index contributed by atoms with van der Waals surface area (Å²) in [6, 6.07) is 0. The third kappa shape index (κ3) is 2.41. The lowest BCUT2D eigenvalue weighted by molar-refractivity contribution is -0.486. The number of hydrogen-bond acceptors (Lipinski definition) is 3. The van der Waals surface area contributed by atoms with E-state index in [9.17, 15) is 10.1 Å². The number of nitrogens with zero attached hydrogens (tertiary/aromatic N) is 4. The van der Waals surface area contributed by atoms with E-state index in [1.807, 2.05) is 16.8 Å². The first-order valence-electron chi connectivity index (χ1n) is 5.43. The van der Waals surface area contributed by atoms with Crippen LogP contribution in [0.15, 0.2) is 5.10 Å². The Morgan fingerprint density at radius 1 is 1.62 bits per heavy atom. The van der Waals surface area contributed by atoms with E-state index < -0.39 is 5.03 Å². The summed E-state index contributed by atoms with van der Waals surface area (Å²) in [6.07, 6.45) is 1.03. The van der Waals surface area contributed by atoms with Gasteiger partial charge in [-0.3, -0.25) is 0 Å². The second kappa shape index (κ2) is 4.65. The minimum Gasteiger partial charge on any atom is -0.381 e. The minimum atomic E-state index is -0.630. The van der Waals surface area contributed by atoms with Crippen molar-refractivity contribution in [1.82, 2.24) is 9.80 Å². The number of rotatable bonds is 3. The summed E-state index contributed by atoms with van der Waals surface area (Å²) in [5.74, 6) is 0.945. The fraction of sp³-hybridized carbons (Fsp3) is 0.889. The van der Waals surface area contributed by atoms with Gasteiger partial charge in [-0.2, -0.15) is 0 Å². The van der Waals surface area contributed by atoms with Crippen molar-refractivity contribution in [2.75, 3.05) is 39.9 Å². The maximum Gasteiger partial charge on any atom is 0.273 e. The van der Waals surface area contributed by atoms with Gasteiger partial charge in [0.25, 0.3) is 5.96 Å². The van der Waals surface area contributed by atoms with Crippen molar-refractivity contribution in [1.29, 1.82) is 0 Å². The Balaban J connectivity index is 1.99. The highest BCUT2D eigenvalue weighted by molar-refractivity contribution is 5.81. The van der Waals surface area contributed by atoms with E-state index in [4.69, 9.17) is 4.74 Å². The SMILES string of the molecule is CN1CCN(CC2CCOC2)C1=N[N+](=O)[O-]. The highest BCUT2D eigenvalue weighted by atomic mass is 16.7. The van der Waals surface area contributed by atoms with Crippen LogP contribution in [0, 0.1) is 16.0 Å². The van der Waals surface area contributed by atoms with Gasteiger partial charge in [-0.25, -0.2) is 10.1 Å². The van der Waals surface area contributed by atoms with Crippen molar-refractivity contribution >= 4 is 5.96 Å². The van der Waals surface area contributed by atoms with Crippen LogP contribution >= 0.6 is 0 Å². The quantitative estimate of drug-likeness (QED) is 0.495. The zero-order chi connectivity index (χ0) is 11.5. The summed E-state index contributed by atoms with van der Waals surface area (Å²) in [7, 11) is 1.83. The summed E-state index contributed by atoms with van der Waals surface area (Å²) in [5.41, 5.74) is 0. The molecular formula is C9H16N4O3. The summed E-state index contributed by atoms with van der Waals surface area (Å²) >= 11 is 0. The van der Waals surface area contributed by atoms with Crippen LogP contribution in [0.4, 0.5) is 0 Å². The van der Waals surface area contributed by atoms with Gasteiger partial charge < -0.3 is 14.5 Å². The van der Waals surface area contributed by atoms with Crippen LogP contribution in [0.1, 0.15) is 6.42 Å². The average Bonchev–Trinajstić information content (AvgIpc) is 2.82. The monoisotopic (exact) mass is 228 g/mol. The van der Waals surface area contributed by atoms with Crippen LogP contribution in [0.3, 0.4) is 0 Å². The van der Waals surface area contributed by atoms with Gasteiger partial charge in [0, 0.05) is 39.2 Å². The first-order chi connectivity index (χ1) is 7.66. The fourth-order valence-corrected chi connectivity index (χ4v) is 2.14. The van der Waals surface area contributed by atoms with Crippen molar-refractivity contribution in [3.05, 3.63) is 10.1 Å². The Morgan fingerprint density at radius 2 is 2.44 bits per heavy atom. The lowest BCUT2D eigenvalue weighted by Gasteiger charge is -2.20. The number of hydrazone groups is 1. The van der Waals surface area contributed by atoms with Crippen molar-refractivity contribution < 1.29 is 9.77 Å². The molecule has 90 valence electrons. The molecule has 2 saturated heterocycles. The Hall–Kier alpha value is -1.37. The molecule has 7 heteroatoms. The first kappa shape index (κ1) is 11.1. The number of nitro groups is 1. The minimum absolute atomic E-state index is 0.469. The van der Waals surface area contributed by atoms with E-state index >= 15 is 0 Å². The molecule has 2 fully saturated rings. The van der Waals surface area contributed by atoms with Gasteiger partial charge in [0.2, 0.25) is 0 Å². The van der Waals surface area contributed by atoms with Gasteiger partial charge in [-0.1, -0.05) is 0 Å². The molecule has 0 radical (unpaired) electrons. The molecule has 0 aromatic carbocycles. The molecule has 0 aromatic heterocycles. The van der Waals surface area contributed by atoms with Gasteiger partial charge in [0.1, 0.15) is 5.10 Å². The third-order valence-electron chi connectivity index (χ3n) is 3.00. The van der Waals surface area contributed by atoms with E-state index in [2.05, 4.69) is 5.10 Å². The Morgan fingerprint density at radius 3 is 3.06 bits per heavy atom. The van der Waals surface area contributed by atoms with E-state index in [1.165, 1.54) is 0 Å². The molecule has 0 aromatic rings. The zero-order valence-electron chi connectivity index (χ0n) is 9.33. The molecule has 2 aliphatic rings. The van der Waals surface area contributed by atoms with Gasteiger partial charge in [0.05, 0.1) is 6.61 Å². The van der Waals surface area contributed by atoms with Crippen LogP contribution in [0.2, 0.25) is 0 Å². The normalized spacial score (nSPS) is 28.1. The second-order valence-corrected chi connectivity index (χ2v) is 4.24. The zero-order valence-corrected chi connectivity index (χ0v) is 9.33. The van der Waals surface area contributed by atoms with Crippen molar-refractivity contribution in [3.63, 3.8) is 0 Å². The number of likely N-dealkylation sites (N-methyl/N-ethyl adjacent to an activating group) is 1. The molecule has 0 amide bonds. The van der Waals surface area contributed by atoms with E-state index in [0.29, 0.717) is 11.9 Å². The maximum absolute atomic E-state index is 10.4. The third-order valence-corrected chi connectivity index (χ3v) is 3.00. The van der Waals surface area contributed by atoms with Crippen LogP contribution in [0.25, 0.3) is 0 Å². The maximum atomic E-state index is 10.4. The Kier molecular flexibility index (Phi) is 3.23. The predicted octanol–water partition coefficient (Wildman–Crippen LogP) is -0.182. The molecule has 16 heavy (non-hydrogen) atoms. The van der Waals surface area contributed by atoms with Crippen LogP contribution in [-0.4, -0.2) is 60.7 Å². The average molecular weight is 228 g/mol. The molecule has 1 atom stereocenters. The molecule has 0 bridgehead atoms. The van der Waals surface area contributed by atoms with E-state index in [-0.39, 0.29) is 0 Å². The van der Waals surface area contributed by atoms with Crippen molar-refractivity contribution in [3.8, 4) is 0 Å². The first-order valence-corrected chi connectivity index (χ1v) is 5.43. The predicted molar refractivity (Wildman–Crippen MR) is 57.6 cm³/mol. The molecule has 7 nitrogen and oxygen atoms in total. The Bertz CT molecular complexity index is 301. The molecular weight excluding hydrogens is 212 g/mol. The van der Waals surface area contributed by atoms with Gasteiger partial charge in [-0.05, 0) is 6.42 Å². The topological polar surface area (TPSA) is 71.2 Å². The molecule has 2 rings (SSSR count). The van der Waals surface area contributed by atoms with Gasteiger partial charge in [-0.15, -0.1) is 0 Å². The van der Waals surface area contributed by atoms with Crippen LogP contribution in [0.5, 0.6) is 0 Å².